The van der Waals surface area contributed by atoms with Gasteiger partial charge in [0.1, 0.15) is 11.4 Å². The highest BCUT2D eigenvalue weighted by molar-refractivity contribution is 5.92. The monoisotopic (exact) mass is 329 g/mol. The van der Waals surface area contributed by atoms with Crippen LogP contribution in [0.4, 0.5) is 0 Å². The summed E-state index contributed by atoms with van der Waals surface area (Å²) in [5, 5.41) is 8.78. The number of carboxylic acids is 1. The first-order chi connectivity index (χ1) is 11.5. The first kappa shape index (κ1) is 17.4. The van der Waals surface area contributed by atoms with Gasteiger partial charge in [0.25, 0.3) is 5.91 Å². The average molecular weight is 329 g/mol. The van der Waals surface area contributed by atoms with Crippen molar-refractivity contribution in [3.8, 4) is 5.75 Å². The Balaban J connectivity index is 1.85. The van der Waals surface area contributed by atoms with Crippen LogP contribution in [0.1, 0.15) is 33.0 Å². The summed E-state index contributed by atoms with van der Waals surface area (Å²) in [7, 11) is 3.31. The van der Waals surface area contributed by atoms with E-state index in [4.69, 9.17) is 9.84 Å². The number of carboxylic acid groups (broad SMARTS) is 1. The number of benzene rings is 1. The fourth-order valence-corrected chi connectivity index (χ4v) is 2.16. The number of carbonyl (C=O) groups excluding carboxylic acids is 1. The van der Waals surface area contributed by atoms with Crippen LogP contribution in [0.25, 0.3) is 0 Å². The Morgan fingerprint density at radius 3 is 2.29 bits per heavy atom. The molecule has 0 fully saturated rings. The molecule has 2 aromatic rings. The quantitative estimate of drug-likeness (QED) is 0.834. The maximum Gasteiger partial charge on any atom is 0.356 e. The minimum atomic E-state index is -1.17. The molecule has 0 bridgehead atoms. The normalized spacial score (nSPS) is 10.2. The maximum atomic E-state index is 12.2. The van der Waals surface area contributed by atoms with Crippen molar-refractivity contribution >= 4 is 11.9 Å². The van der Waals surface area contributed by atoms with Gasteiger partial charge in [0.15, 0.2) is 5.69 Å². The number of hydrogen-bond acceptors (Lipinski definition) is 5. The Morgan fingerprint density at radius 1 is 1.12 bits per heavy atom. The Labute approximate surface area is 139 Å². The Bertz CT molecular complexity index is 699. The lowest BCUT2D eigenvalue weighted by Gasteiger charge is -2.16. The average Bonchev–Trinajstić information content (AvgIpc) is 2.61. The molecule has 0 saturated carbocycles. The summed E-state index contributed by atoms with van der Waals surface area (Å²) in [6, 6.07) is 7.81. The van der Waals surface area contributed by atoms with Crippen molar-refractivity contribution in [1.29, 1.82) is 0 Å². The zero-order chi connectivity index (χ0) is 17.5. The zero-order valence-corrected chi connectivity index (χ0v) is 13.6. The van der Waals surface area contributed by atoms with Gasteiger partial charge in [0.05, 0.1) is 19.5 Å². The summed E-state index contributed by atoms with van der Waals surface area (Å²) in [5.41, 5.74) is 1.11. The number of amides is 1. The fraction of sp³-hybridized carbons (Fsp3) is 0.294. The number of ether oxygens (including phenoxy) is 1. The molecule has 0 unspecified atom stereocenters. The second-order valence-corrected chi connectivity index (χ2v) is 5.27. The van der Waals surface area contributed by atoms with E-state index in [2.05, 4.69) is 9.97 Å². The van der Waals surface area contributed by atoms with Crippen molar-refractivity contribution in [2.24, 2.45) is 0 Å². The van der Waals surface area contributed by atoms with Crippen LogP contribution in [-0.4, -0.2) is 52.6 Å². The van der Waals surface area contributed by atoms with Gasteiger partial charge in [-0.2, -0.15) is 0 Å². The van der Waals surface area contributed by atoms with E-state index in [0.29, 0.717) is 6.54 Å². The molecule has 0 saturated heterocycles. The summed E-state index contributed by atoms with van der Waals surface area (Å²) in [5.74, 6) is -0.641. The lowest BCUT2D eigenvalue weighted by Crippen LogP contribution is -2.29. The number of nitrogens with zero attached hydrogens (tertiary/aromatic N) is 3. The van der Waals surface area contributed by atoms with Gasteiger partial charge in [-0.3, -0.25) is 4.79 Å². The largest absolute Gasteiger partial charge is 0.497 e. The minimum absolute atomic E-state index is 0.131. The molecule has 1 N–H and O–H groups in total. The van der Waals surface area contributed by atoms with Crippen LogP contribution in [0.3, 0.4) is 0 Å². The van der Waals surface area contributed by atoms with Gasteiger partial charge in [-0.05, 0) is 30.5 Å². The van der Waals surface area contributed by atoms with Crippen molar-refractivity contribution in [3.63, 3.8) is 0 Å². The van der Waals surface area contributed by atoms with Crippen molar-refractivity contribution in [3.05, 3.63) is 53.6 Å². The molecule has 0 atom stereocenters. The molecule has 0 aliphatic carbocycles. The SMILES string of the molecule is COc1ccc(CCCN(C)C(=O)c2cnc(C(=O)O)cn2)cc1. The van der Waals surface area contributed by atoms with Crippen molar-refractivity contribution in [2.75, 3.05) is 20.7 Å². The number of methoxy groups -OCH3 is 1. The summed E-state index contributed by atoms with van der Waals surface area (Å²) < 4.78 is 5.11. The van der Waals surface area contributed by atoms with Crippen molar-refractivity contribution in [2.45, 2.75) is 12.8 Å². The molecule has 0 aliphatic rings. The van der Waals surface area contributed by atoms with E-state index in [1.54, 1.807) is 19.1 Å². The molecule has 7 nitrogen and oxygen atoms in total. The van der Waals surface area contributed by atoms with E-state index in [1.807, 2.05) is 24.3 Å². The highest BCUT2D eigenvalue weighted by Gasteiger charge is 2.14. The zero-order valence-electron chi connectivity index (χ0n) is 13.6. The molecular formula is C17H19N3O4. The number of hydrogen-bond donors (Lipinski definition) is 1. The molecule has 24 heavy (non-hydrogen) atoms. The summed E-state index contributed by atoms with van der Waals surface area (Å²) in [6.45, 7) is 0.563. The van der Waals surface area contributed by atoms with Gasteiger partial charge in [-0.15, -0.1) is 0 Å². The lowest BCUT2D eigenvalue weighted by atomic mass is 10.1. The van der Waals surface area contributed by atoms with Crippen LogP contribution < -0.4 is 4.74 Å². The third kappa shape index (κ3) is 4.52. The summed E-state index contributed by atoms with van der Waals surface area (Å²) >= 11 is 0. The van der Waals surface area contributed by atoms with E-state index in [9.17, 15) is 9.59 Å². The second-order valence-electron chi connectivity index (χ2n) is 5.27. The van der Waals surface area contributed by atoms with Crippen LogP contribution in [0.5, 0.6) is 5.75 Å². The predicted molar refractivity (Wildman–Crippen MR) is 87.3 cm³/mol. The summed E-state index contributed by atoms with van der Waals surface area (Å²) in [4.78, 5) is 32.0. The highest BCUT2D eigenvalue weighted by atomic mass is 16.5. The minimum Gasteiger partial charge on any atom is -0.497 e. The van der Waals surface area contributed by atoms with Gasteiger partial charge >= 0.3 is 5.97 Å². The van der Waals surface area contributed by atoms with Crippen LogP contribution >= 0.6 is 0 Å². The third-order valence-corrected chi connectivity index (χ3v) is 3.55. The van der Waals surface area contributed by atoms with E-state index < -0.39 is 5.97 Å². The maximum absolute atomic E-state index is 12.2. The topological polar surface area (TPSA) is 92.6 Å². The molecule has 7 heteroatoms. The molecule has 0 aliphatic heterocycles. The van der Waals surface area contributed by atoms with Crippen LogP contribution in [0.15, 0.2) is 36.7 Å². The fourth-order valence-electron chi connectivity index (χ4n) is 2.16. The molecule has 1 aromatic heterocycles. The molecule has 1 aromatic carbocycles. The molecule has 1 heterocycles. The van der Waals surface area contributed by atoms with Crippen LogP contribution in [0.2, 0.25) is 0 Å². The molecular weight excluding hydrogens is 310 g/mol. The van der Waals surface area contributed by atoms with Crippen molar-refractivity contribution < 1.29 is 19.4 Å². The number of aryl methyl sites for hydroxylation is 1. The Morgan fingerprint density at radius 2 is 1.75 bits per heavy atom. The summed E-state index contributed by atoms with van der Waals surface area (Å²) in [6.07, 6.45) is 3.91. The van der Waals surface area contributed by atoms with Crippen molar-refractivity contribution in [1.82, 2.24) is 14.9 Å². The van der Waals surface area contributed by atoms with Crippen LogP contribution in [-0.2, 0) is 6.42 Å². The number of carbonyl (C=O) groups is 2. The van der Waals surface area contributed by atoms with E-state index in [1.165, 1.54) is 11.8 Å². The highest BCUT2D eigenvalue weighted by Crippen LogP contribution is 2.13. The first-order valence-electron chi connectivity index (χ1n) is 7.45. The predicted octanol–water partition coefficient (Wildman–Crippen LogP) is 1.89. The van der Waals surface area contributed by atoms with Gasteiger partial charge in [0, 0.05) is 13.6 Å². The van der Waals surface area contributed by atoms with E-state index in [-0.39, 0.29) is 17.3 Å². The smallest absolute Gasteiger partial charge is 0.356 e. The standard InChI is InChI=1S/C17H19N3O4/c1-20(9-3-4-12-5-7-13(24-2)8-6-12)16(21)14-10-19-15(11-18-14)17(22)23/h5-8,10-11H,3-4,9H2,1-2H3,(H,22,23). The molecule has 2 rings (SSSR count). The second kappa shape index (κ2) is 8.05. The molecule has 1 amide bonds. The molecule has 0 radical (unpaired) electrons. The Kier molecular flexibility index (Phi) is 5.83. The Hall–Kier alpha value is -2.96. The van der Waals surface area contributed by atoms with Crippen LogP contribution in [0, 0.1) is 0 Å². The third-order valence-electron chi connectivity index (χ3n) is 3.55. The van der Waals surface area contributed by atoms with Gasteiger partial charge in [0.2, 0.25) is 0 Å². The van der Waals surface area contributed by atoms with Gasteiger partial charge in [-0.25, -0.2) is 14.8 Å². The number of aromatic carboxylic acids is 1. The lowest BCUT2D eigenvalue weighted by molar-refractivity contribution is 0.0687. The molecule has 126 valence electrons. The van der Waals surface area contributed by atoms with E-state index >= 15 is 0 Å². The van der Waals surface area contributed by atoms with Gasteiger partial charge < -0.3 is 14.7 Å². The van der Waals surface area contributed by atoms with E-state index in [0.717, 1.165) is 24.8 Å². The molecule has 0 spiro atoms. The number of rotatable bonds is 7. The number of aromatic nitrogens is 2. The van der Waals surface area contributed by atoms with Gasteiger partial charge in [-0.1, -0.05) is 12.1 Å². The first-order valence-corrected chi connectivity index (χ1v) is 7.45.